The van der Waals surface area contributed by atoms with Gasteiger partial charge in [-0.3, -0.25) is 4.79 Å². The first-order valence-corrected chi connectivity index (χ1v) is 18.1. The second-order valence-electron chi connectivity index (χ2n) is 13.9. The lowest BCUT2D eigenvalue weighted by Gasteiger charge is -2.39. The molecule has 0 aliphatic carbocycles. The van der Waals surface area contributed by atoms with E-state index >= 15 is 0 Å². The highest BCUT2D eigenvalue weighted by atomic mass is 16.6. The van der Waals surface area contributed by atoms with E-state index in [0.717, 1.165) is 48.1 Å². The molecule has 0 spiro atoms. The van der Waals surface area contributed by atoms with E-state index in [1.165, 1.54) is 19.3 Å². The number of ether oxygens (including phenoxy) is 2. The van der Waals surface area contributed by atoms with E-state index < -0.39 is 11.6 Å². The Labute approximate surface area is 295 Å². The van der Waals surface area contributed by atoms with E-state index in [1.807, 2.05) is 42.5 Å². The Kier molecular flexibility index (Phi) is 8.89. The zero-order valence-electron chi connectivity index (χ0n) is 28.8. The van der Waals surface area contributed by atoms with Gasteiger partial charge in [-0.05, 0) is 88.0 Å². The number of rotatable bonds is 7. The molecule has 0 radical (unpaired) electrons. The van der Waals surface area contributed by atoms with Gasteiger partial charge in [0.05, 0.1) is 41.2 Å². The molecule has 51 heavy (non-hydrogen) atoms. The maximum atomic E-state index is 13.7. The smallest absolute Gasteiger partial charge is 0.415 e. The summed E-state index contributed by atoms with van der Waals surface area (Å²) in [5, 5.41) is 20.8. The van der Waals surface area contributed by atoms with Gasteiger partial charge < -0.3 is 28.9 Å². The minimum Gasteiger partial charge on any atom is -0.458 e. The van der Waals surface area contributed by atoms with Crippen LogP contribution in [0.1, 0.15) is 67.7 Å². The Morgan fingerprint density at radius 2 is 1.82 bits per heavy atom. The number of hydrogen-bond donors (Lipinski definition) is 1. The second kappa shape index (κ2) is 13.6. The normalized spacial score (nSPS) is 20.7. The number of carbonyl (C=O) groups is 2. The molecule has 264 valence electrons. The van der Waals surface area contributed by atoms with Crippen LogP contribution in [-0.4, -0.2) is 75.3 Å². The van der Waals surface area contributed by atoms with Crippen LogP contribution < -0.4 is 10.3 Å². The van der Waals surface area contributed by atoms with Crippen molar-refractivity contribution in [1.29, 1.82) is 0 Å². The number of esters is 1. The van der Waals surface area contributed by atoms with Crippen molar-refractivity contribution in [3.05, 3.63) is 87.2 Å². The molecule has 0 bridgehead atoms. The lowest BCUT2D eigenvalue weighted by atomic mass is 9.86. The Balaban J connectivity index is 1.11. The number of amides is 1. The van der Waals surface area contributed by atoms with Crippen LogP contribution in [-0.2, 0) is 34.7 Å². The van der Waals surface area contributed by atoms with Crippen LogP contribution in [0.2, 0.25) is 0 Å². The van der Waals surface area contributed by atoms with Crippen LogP contribution in [0.4, 0.5) is 10.5 Å². The van der Waals surface area contributed by atoms with Gasteiger partial charge in [0.2, 0.25) is 0 Å². The number of benzene rings is 2. The molecule has 8 rings (SSSR count). The summed E-state index contributed by atoms with van der Waals surface area (Å²) in [5.74, 6) is -0.303. The molecule has 1 amide bonds. The molecule has 4 aliphatic rings. The van der Waals surface area contributed by atoms with Crippen molar-refractivity contribution in [2.75, 3.05) is 32.7 Å². The standard InChI is InChI=1S/C39H42N6O6/c1-2-39(49)31-22-33-35-25(23-45(33)36(46)30(31)24-50-37(39)47)21-29-28(13-16-40-42-26-9-5-3-6-10-26)34(12-11-32(29)41-35)51-38(48)44-19-14-27(15-20-44)43-17-7-4-8-18-43/h3,5-6,9-12,21-22,27,49H,2,4,7-8,13-20,23-24H2,1H3. The van der Waals surface area contributed by atoms with Gasteiger partial charge in [-0.15, -0.1) is 0 Å². The molecule has 6 heterocycles. The van der Waals surface area contributed by atoms with Crippen LogP contribution in [0.5, 0.6) is 5.75 Å². The van der Waals surface area contributed by atoms with Crippen molar-refractivity contribution in [2.24, 2.45) is 10.2 Å². The molecule has 12 nitrogen and oxygen atoms in total. The van der Waals surface area contributed by atoms with E-state index in [0.29, 0.717) is 54.8 Å². The van der Waals surface area contributed by atoms with Crippen molar-refractivity contribution in [3.8, 4) is 17.1 Å². The number of cyclic esters (lactones) is 1. The first-order valence-electron chi connectivity index (χ1n) is 18.1. The maximum Gasteiger partial charge on any atom is 0.415 e. The van der Waals surface area contributed by atoms with Crippen LogP contribution in [0.3, 0.4) is 0 Å². The average Bonchev–Trinajstić information content (AvgIpc) is 3.53. The van der Waals surface area contributed by atoms with Crippen molar-refractivity contribution >= 4 is 28.7 Å². The summed E-state index contributed by atoms with van der Waals surface area (Å²) >= 11 is 0. The highest BCUT2D eigenvalue weighted by molar-refractivity contribution is 5.90. The quantitative estimate of drug-likeness (QED) is 0.166. The van der Waals surface area contributed by atoms with Crippen LogP contribution in [0.15, 0.2) is 69.6 Å². The van der Waals surface area contributed by atoms with Crippen LogP contribution in [0, 0.1) is 0 Å². The lowest BCUT2D eigenvalue weighted by molar-refractivity contribution is -0.172. The zero-order valence-corrected chi connectivity index (χ0v) is 28.8. The molecule has 0 saturated carbocycles. The first-order chi connectivity index (χ1) is 24.8. The fourth-order valence-electron chi connectivity index (χ4n) is 8.09. The van der Waals surface area contributed by atoms with Gasteiger partial charge in [-0.2, -0.15) is 10.2 Å². The van der Waals surface area contributed by atoms with Crippen molar-refractivity contribution < 1.29 is 24.2 Å². The number of azo groups is 1. The molecule has 12 heteroatoms. The fourth-order valence-corrected chi connectivity index (χ4v) is 8.09. The van der Waals surface area contributed by atoms with Gasteiger partial charge in [-0.25, -0.2) is 14.6 Å². The monoisotopic (exact) mass is 690 g/mol. The van der Waals surface area contributed by atoms with Crippen molar-refractivity contribution in [1.82, 2.24) is 19.4 Å². The number of nitrogens with zero attached hydrogens (tertiary/aromatic N) is 6. The Morgan fingerprint density at radius 1 is 1.04 bits per heavy atom. The average molecular weight is 691 g/mol. The number of likely N-dealkylation sites (tertiary alicyclic amines) is 2. The van der Waals surface area contributed by atoms with Gasteiger partial charge >= 0.3 is 12.1 Å². The van der Waals surface area contributed by atoms with Crippen LogP contribution >= 0.6 is 0 Å². The number of piperidine rings is 2. The molecule has 4 aromatic rings. The summed E-state index contributed by atoms with van der Waals surface area (Å²) in [5.41, 5.74) is 2.50. The van der Waals surface area contributed by atoms with Crippen molar-refractivity contribution in [3.63, 3.8) is 0 Å². The van der Waals surface area contributed by atoms with Crippen molar-refractivity contribution in [2.45, 2.75) is 76.7 Å². The third-order valence-corrected chi connectivity index (χ3v) is 11.0. The summed E-state index contributed by atoms with van der Waals surface area (Å²) in [7, 11) is 0. The summed E-state index contributed by atoms with van der Waals surface area (Å²) in [4.78, 5) is 49.3. The minimum absolute atomic E-state index is 0.0721. The SMILES string of the molecule is CCC1(O)C(=O)OCc2c1cc1n(c2=O)Cc2cc3c(CCN=Nc4ccccc4)c(OC(=O)N4CCC(N5CCCCC5)CC4)ccc3nc2-1. The topological polar surface area (TPSA) is 139 Å². The molecule has 1 atom stereocenters. The number of pyridine rings is 2. The van der Waals surface area contributed by atoms with E-state index in [9.17, 15) is 19.5 Å². The molecule has 2 aromatic heterocycles. The third-order valence-electron chi connectivity index (χ3n) is 11.0. The van der Waals surface area contributed by atoms with Gasteiger partial charge in [0.15, 0.2) is 5.60 Å². The number of hydrogen-bond acceptors (Lipinski definition) is 10. The third kappa shape index (κ3) is 6.10. The van der Waals surface area contributed by atoms with Gasteiger partial charge in [0, 0.05) is 41.2 Å². The molecule has 1 N–H and O–H groups in total. The summed E-state index contributed by atoms with van der Waals surface area (Å²) in [6.07, 6.45) is 5.83. The van der Waals surface area contributed by atoms with E-state index in [2.05, 4.69) is 15.1 Å². The lowest BCUT2D eigenvalue weighted by Crippen LogP contribution is -2.48. The first kappa shape index (κ1) is 33.2. The summed E-state index contributed by atoms with van der Waals surface area (Å²) in [6.45, 7) is 5.72. The summed E-state index contributed by atoms with van der Waals surface area (Å²) < 4.78 is 13.0. The molecule has 2 aromatic carbocycles. The van der Waals surface area contributed by atoms with Gasteiger partial charge in [-0.1, -0.05) is 31.5 Å². The summed E-state index contributed by atoms with van der Waals surface area (Å²) in [6, 6.07) is 17.4. The number of aliphatic hydroxyl groups is 1. The molecule has 2 fully saturated rings. The second-order valence-corrected chi connectivity index (χ2v) is 13.9. The number of carbonyl (C=O) groups excluding carboxylic acids is 2. The highest BCUT2D eigenvalue weighted by Crippen LogP contribution is 2.40. The molecular weight excluding hydrogens is 648 g/mol. The highest BCUT2D eigenvalue weighted by Gasteiger charge is 2.45. The van der Waals surface area contributed by atoms with Gasteiger partial charge in [0.25, 0.3) is 5.56 Å². The van der Waals surface area contributed by atoms with Gasteiger partial charge in [0.1, 0.15) is 12.4 Å². The Hall–Kier alpha value is -4.94. The molecular formula is C39H42N6O6. The zero-order chi connectivity index (χ0) is 35.1. The maximum absolute atomic E-state index is 13.7. The van der Waals surface area contributed by atoms with E-state index in [1.54, 1.807) is 28.5 Å². The van der Waals surface area contributed by atoms with E-state index in [-0.39, 0.29) is 42.4 Å². The molecule has 2 saturated heterocycles. The Morgan fingerprint density at radius 3 is 2.59 bits per heavy atom. The Bertz CT molecular complexity index is 2080. The van der Waals surface area contributed by atoms with E-state index in [4.69, 9.17) is 14.5 Å². The predicted molar refractivity (Wildman–Crippen MR) is 190 cm³/mol. The molecule has 1 unspecified atom stereocenters. The van der Waals surface area contributed by atoms with Crippen LogP contribution in [0.25, 0.3) is 22.3 Å². The minimum atomic E-state index is -1.90. The number of aromatic nitrogens is 2. The molecule has 4 aliphatic heterocycles. The largest absolute Gasteiger partial charge is 0.458 e. The number of fused-ring (bicyclic) bond motifs is 5. The fraction of sp³-hybridized carbons (Fsp3) is 0.436. The predicted octanol–water partition coefficient (Wildman–Crippen LogP) is 5.86.